The maximum Gasteiger partial charge on any atom is 0.243 e. The van der Waals surface area contributed by atoms with E-state index in [1.54, 1.807) is 0 Å². The third-order valence-electron chi connectivity index (χ3n) is 3.62. The number of nitrogens with zero attached hydrogens (tertiary/aromatic N) is 4. The van der Waals surface area contributed by atoms with Crippen LogP contribution in [0.1, 0.15) is 33.6 Å². The summed E-state index contributed by atoms with van der Waals surface area (Å²) in [7, 11) is 0. The summed E-state index contributed by atoms with van der Waals surface area (Å²) in [6, 6.07) is 0.311. The second kappa shape index (κ2) is 7.37. The van der Waals surface area contributed by atoms with Crippen LogP contribution in [0.15, 0.2) is 0 Å². The van der Waals surface area contributed by atoms with Gasteiger partial charge in [-0.25, -0.2) is 5.84 Å². The van der Waals surface area contributed by atoms with E-state index in [4.69, 9.17) is 10.6 Å². The Labute approximate surface area is 125 Å². The lowest BCUT2D eigenvalue weighted by molar-refractivity contribution is 0.0231. The van der Waals surface area contributed by atoms with Crippen LogP contribution in [-0.4, -0.2) is 46.8 Å². The van der Waals surface area contributed by atoms with E-state index in [1.165, 1.54) is 0 Å². The summed E-state index contributed by atoms with van der Waals surface area (Å²) in [5.74, 6) is 7.01. The van der Waals surface area contributed by atoms with Gasteiger partial charge in [-0.1, -0.05) is 0 Å². The molecule has 2 atom stereocenters. The van der Waals surface area contributed by atoms with Crippen molar-refractivity contribution in [3.05, 3.63) is 0 Å². The Morgan fingerprint density at radius 3 is 2.57 bits per heavy atom. The molecule has 0 saturated carbocycles. The topological polar surface area (TPSA) is 101 Å². The number of hydrogen-bond donors (Lipinski definition) is 3. The molecule has 0 amide bonds. The van der Waals surface area contributed by atoms with Gasteiger partial charge in [-0.3, -0.25) is 5.43 Å². The van der Waals surface area contributed by atoms with Crippen LogP contribution in [-0.2, 0) is 4.74 Å². The van der Waals surface area contributed by atoms with Crippen LogP contribution in [0.5, 0.6) is 0 Å². The molecule has 0 aromatic carbocycles. The average molecular weight is 295 g/mol. The normalized spacial score (nSPS) is 21.9. The molecule has 8 nitrogen and oxygen atoms in total. The van der Waals surface area contributed by atoms with Gasteiger partial charge < -0.3 is 15.0 Å². The Hall–Kier alpha value is -1.67. The maximum atomic E-state index is 5.55. The first-order valence-electron chi connectivity index (χ1n) is 7.52. The molecule has 0 bridgehead atoms. The van der Waals surface area contributed by atoms with Crippen LogP contribution in [0.3, 0.4) is 0 Å². The monoisotopic (exact) mass is 295 g/mol. The lowest BCUT2D eigenvalue weighted by Gasteiger charge is -2.28. The zero-order valence-corrected chi connectivity index (χ0v) is 13.0. The van der Waals surface area contributed by atoms with Crippen molar-refractivity contribution in [1.29, 1.82) is 0 Å². The number of anilines is 3. The zero-order chi connectivity index (χ0) is 15.2. The van der Waals surface area contributed by atoms with E-state index in [0.29, 0.717) is 23.9 Å². The number of rotatable bonds is 6. The van der Waals surface area contributed by atoms with Crippen LogP contribution >= 0.6 is 0 Å². The van der Waals surface area contributed by atoms with E-state index in [-0.39, 0.29) is 6.10 Å². The molecule has 0 radical (unpaired) electrons. The van der Waals surface area contributed by atoms with E-state index < -0.39 is 0 Å². The summed E-state index contributed by atoms with van der Waals surface area (Å²) in [6.07, 6.45) is 2.15. The van der Waals surface area contributed by atoms with Crippen molar-refractivity contribution in [3.63, 3.8) is 0 Å². The van der Waals surface area contributed by atoms with Crippen LogP contribution < -0.4 is 21.5 Å². The van der Waals surface area contributed by atoms with E-state index >= 15 is 0 Å². The molecule has 4 N–H and O–H groups in total. The SMILES string of the molecule is CCN(CC)c1nc(NN)nc(NC2CCOC(C)C2)n1. The highest BCUT2D eigenvalue weighted by Gasteiger charge is 2.21. The molecule has 2 heterocycles. The summed E-state index contributed by atoms with van der Waals surface area (Å²) in [5.41, 5.74) is 2.50. The van der Waals surface area contributed by atoms with Gasteiger partial charge in [0.15, 0.2) is 0 Å². The van der Waals surface area contributed by atoms with Crippen molar-refractivity contribution in [2.24, 2.45) is 5.84 Å². The minimum Gasteiger partial charge on any atom is -0.378 e. The van der Waals surface area contributed by atoms with Crippen molar-refractivity contribution in [2.75, 3.05) is 35.3 Å². The standard InChI is InChI=1S/C13H25N7O/c1-4-20(5-2)13-17-11(16-12(18-13)19-14)15-10-6-7-21-9(3)8-10/h9-10H,4-8,14H2,1-3H3,(H2,15,16,17,18,19). The number of aromatic nitrogens is 3. The van der Waals surface area contributed by atoms with Crippen LogP contribution in [0.2, 0.25) is 0 Å². The molecule has 1 aliphatic rings. The van der Waals surface area contributed by atoms with Crippen molar-refractivity contribution >= 4 is 17.8 Å². The van der Waals surface area contributed by atoms with Gasteiger partial charge in [0, 0.05) is 25.7 Å². The van der Waals surface area contributed by atoms with Crippen molar-refractivity contribution in [1.82, 2.24) is 15.0 Å². The van der Waals surface area contributed by atoms with Crippen LogP contribution in [0.25, 0.3) is 0 Å². The molecule has 2 rings (SSSR count). The third-order valence-corrected chi connectivity index (χ3v) is 3.62. The molecule has 1 aliphatic heterocycles. The Bertz CT molecular complexity index is 452. The minimum absolute atomic E-state index is 0.257. The molecule has 1 aromatic heterocycles. The minimum atomic E-state index is 0.257. The summed E-state index contributed by atoms with van der Waals surface area (Å²) in [5, 5.41) is 3.36. The van der Waals surface area contributed by atoms with Gasteiger partial charge >= 0.3 is 0 Å². The first-order valence-corrected chi connectivity index (χ1v) is 7.52. The number of ether oxygens (including phenoxy) is 1. The molecule has 118 valence electrons. The van der Waals surface area contributed by atoms with Gasteiger partial charge in [-0.15, -0.1) is 0 Å². The quantitative estimate of drug-likeness (QED) is 0.527. The molecule has 2 unspecified atom stereocenters. The number of hydrazine groups is 1. The second-order valence-electron chi connectivity index (χ2n) is 5.15. The maximum absolute atomic E-state index is 5.55. The highest BCUT2D eigenvalue weighted by molar-refractivity contribution is 5.43. The number of nitrogens with two attached hydrogens (primary N) is 1. The van der Waals surface area contributed by atoms with Gasteiger partial charge in [0.2, 0.25) is 17.8 Å². The number of nitrogen functional groups attached to an aromatic ring is 1. The molecular formula is C13H25N7O. The van der Waals surface area contributed by atoms with Gasteiger partial charge in [0.1, 0.15) is 0 Å². The lowest BCUT2D eigenvalue weighted by Crippen LogP contribution is -2.33. The van der Waals surface area contributed by atoms with E-state index in [9.17, 15) is 0 Å². The summed E-state index contributed by atoms with van der Waals surface area (Å²) in [4.78, 5) is 15.1. The predicted molar refractivity (Wildman–Crippen MR) is 83.3 cm³/mol. The van der Waals surface area contributed by atoms with Crippen LogP contribution in [0.4, 0.5) is 17.8 Å². The first kappa shape index (κ1) is 15.7. The fourth-order valence-electron chi connectivity index (χ4n) is 2.45. The van der Waals surface area contributed by atoms with Crippen LogP contribution in [0, 0.1) is 0 Å². The smallest absolute Gasteiger partial charge is 0.243 e. The molecule has 8 heteroatoms. The Balaban J connectivity index is 2.16. The Morgan fingerprint density at radius 2 is 1.95 bits per heavy atom. The predicted octanol–water partition coefficient (Wildman–Crippen LogP) is 0.983. The van der Waals surface area contributed by atoms with E-state index in [0.717, 1.165) is 32.5 Å². The van der Waals surface area contributed by atoms with E-state index in [2.05, 4.69) is 51.4 Å². The molecule has 1 saturated heterocycles. The molecule has 21 heavy (non-hydrogen) atoms. The van der Waals surface area contributed by atoms with E-state index in [1.807, 2.05) is 0 Å². The summed E-state index contributed by atoms with van der Waals surface area (Å²) in [6.45, 7) is 8.63. The van der Waals surface area contributed by atoms with Gasteiger partial charge in [-0.05, 0) is 33.6 Å². The molecule has 0 aliphatic carbocycles. The van der Waals surface area contributed by atoms with Gasteiger partial charge in [0.05, 0.1) is 6.10 Å². The Morgan fingerprint density at radius 1 is 1.24 bits per heavy atom. The summed E-state index contributed by atoms with van der Waals surface area (Å²) >= 11 is 0. The largest absolute Gasteiger partial charge is 0.378 e. The van der Waals surface area contributed by atoms with Gasteiger partial charge in [-0.2, -0.15) is 15.0 Å². The lowest BCUT2D eigenvalue weighted by atomic mass is 10.0. The highest BCUT2D eigenvalue weighted by Crippen LogP contribution is 2.19. The summed E-state index contributed by atoms with van der Waals surface area (Å²) < 4.78 is 5.55. The fourth-order valence-corrected chi connectivity index (χ4v) is 2.45. The molecule has 0 spiro atoms. The molecule has 1 aromatic rings. The molecular weight excluding hydrogens is 270 g/mol. The van der Waals surface area contributed by atoms with Gasteiger partial charge in [0.25, 0.3) is 0 Å². The number of hydrogen-bond acceptors (Lipinski definition) is 8. The first-order chi connectivity index (χ1) is 10.2. The van der Waals surface area contributed by atoms with Crippen molar-refractivity contribution in [2.45, 2.75) is 45.8 Å². The van der Waals surface area contributed by atoms with Crippen molar-refractivity contribution < 1.29 is 4.74 Å². The fraction of sp³-hybridized carbons (Fsp3) is 0.769. The third kappa shape index (κ3) is 4.15. The highest BCUT2D eigenvalue weighted by atomic mass is 16.5. The molecule has 1 fully saturated rings. The number of nitrogens with one attached hydrogen (secondary N) is 2. The Kier molecular flexibility index (Phi) is 5.51. The average Bonchev–Trinajstić information content (AvgIpc) is 2.48. The second-order valence-corrected chi connectivity index (χ2v) is 5.15. The zero-order valence-electron chi connectivity index (χ0n) is 13.0. The van der Waals surface area contributed by atoms with Crippen molar-refractivity contribution in [3.8, 4) is 0 Å².